The maximum atomic E-state index is 13.3. The Kier molecular flexibility index (Phi) is 6.97. The molecule has 3 aromatic rings. The first-order chi connectivity index (χ1) is 14.9. The molecule has 1 heterocycles. The van der Waals surface area contributed by atoms with Crippen molar-refractivity contribution in [2.75, 3.05) is 6.61 Å². The molecular weight excluding hydrogens is 397 g/mol. The van der Waals surface area contributed by atoms with Crippen molar-refractivity contribution in [1.82, 2.24) is 15.1 Å². The largest absolute Gasteiger partial charge is 0.464 e. The van der Waals surface area contributed by atoms with Crippen LogP contribution < -0.4 is 5.32 Å². The molecule has 3 rings (SSSR count). The average Bonchev–Trinajstić information content (AvgIpc) is 3.06. The number of halogens is 1. The van der Waals surface area contributed by atoms with E-state index in [0.29, 0.717) is 22.6 Å². The summed E-state index contributed by atoms with van der Waals surface area (Å²) in [5.74, 6) is -1.36. The van der Waals surface area contributed by atoms with E-state index in [1.54, 1.807) is 43.7 Å². The number of hydrogen-bond acceptors (Lipinski definition) is 4. The van der Waals surface area contributed by atoms with Gasteiger partial charge in [0.15, 0.2) is 6.04 Å². The van der Waals surface area contributed by atoms with E-state index in [-0.39, 0.29) is 12.4 Å². The van der Waals surface area contributed by atoms with E-state index in [9.17, 15) is 14.0 Å². The number of aryl methyl sites for hydroxylation is 1. The van der Waals surface area contributed by atoms with Gasteiger partial charge in [-0.05, 0) is 56.7 Å². The van der Waals surface area contributed by atoms with Gasteiger partial charge in [0.1, 0.15) is 5.82 Å². The monoisotopic (exact) mass is 421 g/mol. The van der Waals surface area contributed by atoms with Gasteiger partial charge in [-0.1, -0.05) is 30.3 Å². The minimum Gasteiger partial charge on any atom is -0.464 e. The SMILES string of the molecule is CCOC(=O)C(NC(=O)/C=C\c1ccccc1)c1c(C)nn(-c2ccc(F)cc2)c1C. The average molecular weight is 421 g/mol. The maximum Gasteiger partial charge on any atom is 0.333 e. The molecule has 0 fully saturated rings. The third-order valence-electron chi connectivity index (χ3n) is 4.74. The molecule has 160 valence electrons. The lowest BCUT2D eigenvalue weighted by Gasteiger charge is -2.17. The molecule has 1 N–H and O–H groups in total. The number of nitrogens with zero attached hydrogens (tertiary/aromatic N) is 2. The van der Waals surface area contributed by atoms with Gasteiger partial charge in [0.2, 0.25) is 5.91 Å². The molecule has 0 spiro atoms. The van der Waals surface area contributed by atoms with E-state index < -0.39 is 17.9 Å². The van der Waals surface area contributed by atoms with E-state index in [0.717, 1.165) is 5.56 Å². The zero-order chi connectivity index (χ0) is 22.4. The summed E-state index contributed by atoms with van der Waals surface area (Å²) >= 11 is 0. The van der Waals surface area contributed by atoms with Crippen LogP contribution in [0.15, 0.2) is 60.7 Å². The normalized spacial score (nSPS) is 12.0. The Morgan fingerprint density at radius 3 is 2.45 bits per heavy atom. The number of benzene rings is 2. The summed E-state index contributed by atoms with van der Waals surface area (Å²) < 4.78 is 20.1. The van der Waals surface area contributed by atoms with Gasteiger partial charge >= 0.3 is 5.97 Å². The summed E-state index contributed by atoms with van der Waals surface area (Å²) in [6.07, 6.45) is 3.04. The van der Waals surface area contributed by atoms with E-state index in [2.05, 4.69) is 10.4 Å². The van der Waals surface area contributed by atoms with Crippen LogP contribution in [0, 0.1) is 19.7 Å². The summed E-state index contributed by atoms with van der Waals surface area (Å²) in [4.78, 5) is 25.3. The lowest BCUT2D eigenvalue weighted by molar-refractivity contribution is -0.147. The molecule has 0 aliphatic carbocycles. The lowest BCUT2D eigenvalue weighted by atomic mass is 10.0. The number of hydrogen-bond donors (Lipinski definition) is 1. The molecule has 1 unspecified atom stereocenters. The van der Waals surface area contributed by atoms with Gasteiger partial charge in [-0.25, -0.2) is 13.9 Å². The quantitative estimate of drug-likeness (QED) is 0.461. The van der Waals surface area contributed by atoms with E-state index >= 15 is 0 Å². The highest BCUT2D eigenvalue weighted by molar-refractivity contribution is 5.95. The molecule has 0 saturated heterocycles. The van der Waals surface area contributed by atoms with Crippen molar-refractivity contribution in [1.29, 1.82) is 0 Å². The van der Waals surface area contributed by atoms with Crippen molar-refractivity contribution in [2.24, 2.45) is 0 Å². The molecule has 0 aliphatic rings. The maximum absolute atomic E-state index is 13.3. The summed E-state index contributed by atoms with van der Waals surface area (Å²) in [7, 11) is 0. The van der Waals surface area contributed by atoms with Crippen LogP contribution in [0.3, 0.4) is 0 Å². The fourth-order valence-corrected chi connectivity index (χ4v) is 3.31. The Morgan fingerprint density at radius 1 is 1.13 bits per heavy atom. The third-order valence-corrected chi connectivity index (χ3v) is 4.74. The first-order valence-corrected chi connectivity index (χ1v) is 9.93. The van der Waals surface area contributed by atoms with E-state index in [1.807, 2.05) is 30.3 Å². The first kappa shape index (κ1) is 22.0. The molecule has 2 aromatic carbocycles. The smallest absolute Gasteiger partial charge is 0.333 e. The highest BCUT2D eigenvalue weighted by Crippen LogP contribution is 2.25. The summed E-state index contributed by atoms with van der Waals surface area (Å²) in [5, 5.41) is 7.22. The fraction of sp³-hybridized carbons (Fsp3) is 0.208. The molecule has 1 aromatic heterocycles. The highest BCUT2D eigenvalue weighted by Gasteiger charge is 2.30. The number of carbonyl (C=O) groups excluding carboxylic acids is 2. The molecule has 31 heavy (non-hydrogen) atoms. The predicted molar refractivity (Wildman–Crippen MR) is 116 cm³/mol. The number of carbonyl (C=O) groups is 2. The molecule has 0 saturated carbocycles. The van der Waals surface area contributed by atoms with Crippen LogP contribution in [0.5, 0.6) is 0 Å². The molecular formula is C24H24FN3O3. The molecule has 1 atom stereocenters. The van der Waals surface area contributed by atoms with E-state index in [1.165, 1.54) is 18.2 Å². The van der Waals surface area contributed by atoms with Crippen LogP contribution in [-0.4, -0.2) is 28.3 Å². The second-order valence-corrected chi connectivity index (χ2v) is 6.91. The summed E-state index contributed by atoms with van der Waals surface area (Å²) in [6.45, 7) is 5.42. The minimum absolute atomic E-state index is 0.176. The number of aromatic nitrogens is 2. The molecule has 6 nitrogen and oxygen atoms in total. The number of amides is 1. The van der Waals surface area contributed by atoms with Crippen molar-refractivity contribution >= 4 is 18.0 Å². The van der Waals surface area contributed by atoms with E-state index in [4.69, 9.17) is 4.74 Å². The predicted octanol–water partition coefficient (Wildman–Crippen LogP) is 4.06. The van der Waals surface area contributed by atoms with Gasteiger partial charge in [-0.15, -0.1) is 0 Å². The number of ether oxygens (including phenoxy) is 1. The van der Waals surface area contributed by atoms with Gasteiger partial charge < -0.3 is 10.1 Å². The standard InChI is InChI=1S/C24H24FN3O3/c1-4-31-24(30)23(26-21(29)15-10-18-8-6-5-7-9-18)22-16(2)27-28(17(22)3)20-13-11-19(25)12-14-20/h5-15,23H,4H2,1-3H3,(H,26,29)/b15-10-. The van der Waals surface area contributed by atoms with Crippen molar-refractivity contribution in [3.05, 3.63) is 89.0 Å². The molecule has 0 aliphatic heterocycles. The number of rotatable bonds is 7. The molecule has 0 radical (unpaired) electrons. The molecule has 1 amide bonds. The highest BCUT2D eigenvalue weighted by atomic mass is 19.1. The Bertz CT molecular complexity index is 1090. The van der Waals surface area contributed by atoms with Crippen molar-refractivity contribution in [3.63, 3.8) is 0 Å². The van der Waals surface area contributed by atoms with Crippen LogP contribution in [0.4, 0.5) is 4.39 Å². The van der Waals surface area contributed by atoms with Crippen molar-refractivity contribution in [3.8, 4) is 5.69 Å². The molecule has 7 heteroatoms. The Morgan fingerprint density at radius 2 is 1.81 bits per heavy atom. The molecule has 0 bridgehead atoms. The summed E-state index contributed by atoms with van der Waals surface area (Å²) in [5.41, 5.74) is 3.26. The zero-order valence-electron chi connectivity index (χ0n) is 17.6. The number of esters is 1. The third kappa shape index (κ3) is 5.25. The van der Waals surface area contributed by atoms with Gasteiger partial charge in [0.05, 0.1) is 18.0 Å². The topological polar surface area (TPSA) is 73.2 Å². The van der Waals surface area contributed by atoms with Crippen molar-refractivity contribution in [2.45, 2.75) is 26.8 Å². The van der Waals surface area contributed by atoms with Crippen LogP contribution in [0.1, 0.15) is 35.5 Å². The fourth-order valence-electron chi connectivity index (χ4n) is 3.31. The lowest BCUT2D eigenvalue weighted by Crippen LogP contribution is -2.34. The minimum atomic E-state index is -1.03. The summed E-state index contributed by atoms with van der Waals surface area (Å²) in [6, 6.07) is 14.2. The van der Waals surface area contributed by atoms with Gasteiger partial charge in [-0.2, -0.15) is 5.10 Å². The van der Waals surface area contributed by atoms with Crippen LogP contribution in [-0.2, 0) is 14.3 Å². The first-order valence-electron chi connectivity index (χ1n) is 9.93. The number of nitrogens with one attached hydrogen (secondary N) is 1. The van der Waals surface area contributed by atoms with Gasteiger partial charge in [0, 0.05) is 17.3 Å². The van der Waals surface area contributed by atoms with Crippen LogP contribution in [0.2, 0.25) is 0 Å². The second-order valence-electron chi connectivity index (χ2n) is 6.91. The Balaban J connectivity index is 1.92. The second kappa shape index (κ2) is 9.84. The van der Waals surface area contributed by atoms with Gasteiger partial charge in [0.25, 0.3) is 0 Å². The van der Waals surface area contributed by atoms with Crippen molar-refractivity contribution < 1.29 is 18.7 Å². The zero-order valence-corrected chi connectivity index (χ0v) is 17.6. The van der Waals surface area contributed by atoms with Crippen LogP contribution in [0.25, 0.3) is 11.8 Å². The van der Waals surface area contributed by atoms with Gasteiger partial charge in [-0.3, -0.25) is 4.79 Å². The Labute approximate surface area is 180 Å². The van der Waals surface area contributed by atoms with Crippen LogP contribution >= 0.6 is 0 Å². The Hall–Kier alpha value is -3.74.